The fourth-order valence-corrected chi connectivity index (χ4v) is 1.83. The van der Waals surface area contributed by atoms with Gasteiger partial charge in [0.15, 0.2) is 5.41 Å². The first-order valence-electron chi connectivity index (χ1n) is 5.71. The van der Waals surface area contributed by atoms with Gasteiger partial charge >= 0.3 is 11.9 Å². The van der Waals surface area contributed by atoms with Gasteiger partial charge in [0.2, 0.25) is 0 Å². The van der Waals surface area contributed by atoms with Gasteiger partial charge in [-0.05, 0) is 24.6 Å². The van der Waals surface area contributed by atoms with Crippen LogP contribution >= 0.6 is 0 Å². The second-order valence-corrected chi connectivity index (χ2v) is 3.88. The number of rotatable bonds is 6. The molecule has 104 valence electrons. The Balaban J connectivity index is 3.39. The van der Waals surface area contributed by atoms with Crippen LogP contribution in [0.5, 0.6) is 0 Å². The Morgan fingerprint density at radius 2 is 2.11 bits per heavy atom. The molecule has 0 fully saturated rings. The highest BCUT2D eigenvalue weighted by Crippen LogP contribution is 2.31. The summed E-state index contributed by atoms with van der Waals surface area (Å²) in [5.74, 6) is -3.36. The van der Waals surface area contributed by atoms with E-state index < -0.39 is 36.3 Å². The standard InChI is InChI=1S/C13H14F2O4/c1-2-19-12(18)13(6-7-14,11(16)17)9-4-3-5-10(15)8-9/h3-5,8H,2,6-7H2,1H3,(H,16,17). The highest BCUT2D eigenvalue weighted by molar-refractivity contribution is 6.05. The third kappa shape index (κ3) is 2.89. The fourth-order valence-electron chi connectivity index (χ4n) is 1.83. The molecule has 0 amide bonds. The molecule has 1 rings (SSSR count). The molecule has 1 N–H and O–H groups in total. The number of esters is 1. The molecule has 0 aromatic heterocycles. The van der Waals surface area contributed by atoms with Crippen molar-refractivity contribution >= 4 is 11.9 Å². The van der Waals surface area contributed by atoms with E-state index in [1.807, 2.05) is 0 Å². The van der Waals surface area contributed by atoms with Crippen molar-refractivity contribution in [3.05, 3.63) is 35.6 Å². The van der Waals surface area contributed by atoms with Crippen LogP contribution in [-0.2, 0) is 19.7 Å². The van der Waals surface area contributed by atoms with Crippen molar-refractivity contribution in [3.63, 3.8) is 0 Å². The number of carbonyl (C=O) groups is 2. The monoisotopic (exact) mass is 272 g/mol. The van der Waals surface area contributed by atoms with Gasteiger partial charge in [-0.2, -0.15) is 0 Å². The summed E-state index contributed by atoms with van der Waals surface area (Å²) in [4.78, 5) is 23.4. The van der Waals surface area contributed by atoms with Crippen LogP contribution in [0.2, 0.25) is 0 Å². The van der Waals surface area contributed by atoms with Crippen molar-refractivity contribution in [1.29, 1.82) is 0 Å². The molecule has 4 nitrogen and oxygen atoms in total. The summed E-state index contributed by atoms with van der Waals surface area (Å²) in [6.07, 6.45) is -0.607. The van der Waals surface area contributed by atoms with E-state index in [4.69, 9.17) is 4.74 Å². The molecule has 0 radical (unpaired) electrons. The van der Waals surface area contributed by atoms with Crippen molar-refractivity contribution in [2.45, 2.75) is 18.8 Å². The number of halogens is 2. The first kappa shape index (κ1) is 15.1. The summed E-state index contributed by atoms with van der Waals surface area (Å²) >= 11 is 0. The number of carboxylic acids is 1. The zero-order chi connectivity index (χ0) is 14.5. The number of alkyl halides is 1. The Bertz CT molecular complexity index is 475. The van der Waals surface area contributed by atoms with E-state index in [0.29, 0.717) is 0 Å². The maximum Gasteiger partial charge on any atom is 0.328 e. The average Bonchev–Trinajstić information content (AvgIpc) is 2.35. The molecule has 0 heterocycles. The van der Waals surface area contributed by atoms with Gasteiger partial charge in [-0.25, -0.2) is 4.39 Å². The molecule has 0 aliphatic rings. The van der Waals surface area contributed by atoms with Crippen LogP contribution < -0.4 is 0 Å². The summed E-state index contributed by atoms with van der Waals surface area (Å²) in [5, 5.41) is 9.31. The third-order valence-corrected chi connectivity index (χ3v) is 2.78. The summed E-state index contributed by atoms with van der Waals surface area (Å²) in [5.41, 5.74) is -2.34. The van der Waals surface area contributed by atoms with Crippen LogP contribution in [0.25, 0.3) is 0 Å². The van der Waals surface area contributed by atoms with E-state index in [1.165, 1.54) is 19.1 Å². The van der Waals surface area contributed by atoms with Crippen LogP contribution in [-0.4, -0.2) is 30.3 Å². The molecule has 1 aromatic rings. The summed E-state index contributed by atoms with van der Waals surface area (Å²) in [7, 11) is 0. The molecule has 0 saturated carbocycles. The van der Waals surface area contributed by atoms with Crippen LogP contribution in [0.15, 0.2) is 24.3 Å². The van der Waals surface area contributed by atoms with E-state index in [0.717, 1.165) is 12.1 Å². The van der Waals surface area contributed by atoms with E-state index in [1.54, 1.807) is 0 Å². The molecule has 1 atom stereocenters. The molecule has 0 bridgehead atoms. The Hall–Kier alpha value is -1.98. The topological polar surface area (TPSA) is 63.6 Å². The second kappa shape index (κ2) is 6.26. The predicted molar refractivity (Wildman–Crippen MR) is 62.9 cm³/mol. The molecule has 0 saturated heterocycles. The lowest BCUT2D eigenvalue weighted by atomic mass is 9.78. The van der Waals surface area contributed by atoms with Crippen molar-refractivity contribution in [2.75, 3.05) is 13.3 Å². The third-order valence-electron chi connectivity index (χ3n) is 2.78. The van der Waals surface area contributed by atoms with Crippen LogP contribution in [0.4, 0.5) is 8.78 Å². The summed E-state index contributed by atoms with van der Waals surface area (Å²) < 4.78 is 30.6. The zero-order valence-corrected chi connectivity index (χ0v) is 10.4. The molecule has 0 spiro atoms. The molecule has 6 heteroatoms. The SMILES string of the molecule is CCOC(=O)C(CCF)(C(=O)O)c1cccc(F)c1. The number of benzene rings is 1. The lowest BCUT2D eigenvalue weighted by Gasteiger charge is -2.26. The van der Waals surface area contributed by atoms with Crippen LogP contribution in [0.1, 0.15) is 18.9 Å². The van der Waals surface area contributed by atoms with Crippen molar-refractivity contribution in [3.8, 4) is 0 Å². The van der Waals surface area contributed by atoms with Gasteiger partial charge in [-0.15, -0.1) is 0 Å². The summed E-state index contributed by atoms with van der Waals surface area (Å²) in [6, 6.07) is 4.54. The number of aliphatic carboxylic acids is 1. The smallest absolute Gasteiger partial charge is 0.328 e. The van der Waals surface area contributed by atoms with Crippen LogP contribution in [0, 0.1) is 5.82 Å². The van der Waals surface area contributed by atoms with Gasteiger partial charge in [0.05, 0.1) is 13.3 Å². The van der Waals surface area contributed by atoms with Crippen molar-refractivity contribution in [2.24, 2.45) is 0 Å². The number of carbonyl (C=O) groups excluding carboxylic acids is 1. The summed E-state index contributed by atoms with van der Waals surface area (Å²) in [6.45, 7) is 0.419. The van der Waals surface area contributed by atoms with Gasteiger partial charge in [-0.3, -0.25) is 14.0 Å². The van der Waals surface area contributed by atoms with Gasteiger partial charge in [0.1, 0.15) is 5.82 Å². The maximum atomic E-state index is 13.2. The number of hydrogen-bond acceptors (Lipinski definition) is 3. The maximum absolute atomic E-state index is 13.2. The molecule has 1 aromatic carbocycles. The lowest BCUT2D eigenvalue weighted by molar-refractivity contribution is -0.162. The molecular weight excluding hydrogens is 258 g/mol. The quantitative estimate of drug-likeness (QED) is 0.636. The first-order valence-corrected chi connectivity index (χ1v) is 5.71. The highest BCUT2D eigenvalue weighted by Gasteiger charge is 2.49. The first-order chi connectivity index (χ1) is 8.98. The van der Waals surface area contributed by atoms with E-state index in [-0.39, 0.29) is 12.2 Å². The number of ether oxygens (including phenoxy) is 1. The van der Waals surface area contributed by atoms with Crippen molar-refractivity contribution < 1.29 is 28.2 Å². The number of carboxylic acid groups (broad SMARTS) is 1. The van der Waals surface area contributed by atoms with E-state index in [2.05, 4.69) is 0 Å². The van der Waals surface area contributed by atoms with E-state index in [9.17, 15) is 23.5 Å². The Morgan fingerprint density at radius 3 is 2.58 bits per heavy atom. The fraction of sp³-hybridized carbons (Fsp3) is 0.385. The zero-order valence-electron chi connectivity index (χ0n) is 10.4. The Labute approximate surface area is 109 Å². The molecule has 19 heavy (non-hydrogen) atoms. The van der Waals surface area contributed by atoms with Crippen molar-refractivity contribution in [1.82, 2.24) is 0 Å². The molecule has 1 unspecified atom stereocenters. The minimum absolute atomic E-state index is 0.0462. The Kier molecular flexibility index (Phi) is 4.97. The number of hydrogen-bond donors (Lipinski definition) is 1. The predicted octanol–water partition coefficient (Wildman–Crippen LogP) is 2.07. The minimum atomic E-state index is -2.22. The van der Waals surface area contributed by atoms with E-state index >= 15 is 0 Å². The molecular formula is C13H14F2O4. The van der Waals surface area contributed by atoms with Gasteiger partial charge in [0.25, 0.3) is 0 Å². The second-order valence-electron chi connectivity index (χ2n) is 3.88. The van der Waals surface area contributed by atoms with Gasteiger partial charge < -0.3 is 9.84 Å². The normalized spacial score (nSPS) is 13.6. The largest absolute Gasteiger partial charge is 0.480 e. The minimum Gasteiger partial charge on any atom is -0.480 e. The van der Waals surface area contributed by atoms with Crippen LogP contribution in [0.3, 0.4) is 0 Å². The van der Waals surface area contributed by atoms with Gasteiger partial charge in [-0.1, -0.05) is 12.1 Å². The highest BCUT2D eigenvalue weighted by atomic mass is 19.1. The molecule has 0 aliphatic heterocycles. The average molecular weight is 272 g/mol. The lowest BCUT2D eigenvalue weighted by Crippen LogP contribution is -2.45. The Morgan fingerprint density at radius 1 is 1.42 bits per heavy atom. The van der Waals surface area contributed by atoms with Gasteiger partial charge in [0, 0.05) is 6.42 Å². The molecule has 0 aliphatic carbocycles.